The molecule has 3 aromatic rings. The van der Waals surface area contributed by atoms with E-state index < -0.39 is 5.78 Å². The van der Waals surface area contributed by atoms with E-state index in [1.54, 1.807) is 12.1 Å². The number of nitrogens with zero attached hydrogens (tertiary/aromatic N) is 1. The van der Waals surface area contributed by atoms with Crippen LogP contribution in [0.2, 0.25) is 0 Å². The monoisotopic (exact) mass is 251 g/mol. The van der Waals surface area contributed by atoms with Crippen LogP contribution >= 0.6 is 0 Å². The maximum absolute atomic E-state index is 11.5. The van der Waals surface area contributed by atoms with Gasteiger partial charge >= 0.3 is 0 Å². The van der Waals surface area contributed by atoms with Crippen molar-refractivity contribution in [2.75, 3.05) is 0 Å². The summed E-state index contributed by atoms with van der Waals surface area (Å²) in [6.45, 7) is 2.96. The number of carbonyl (C=O) groups is 2. The van der Waals surface area contributed by atoms with Gasteiger partial charge in [0, 0.05) is 33.9 Å². The molecule has 0 N–H and O–H groups in total. The number of aromatic nitrogens is 1. The van der Waals surface area contributed by atoms with Crippen molar-refractivity contribution in [3.8, 4) is 0 Å². The molecule has 0 unspecified atom stereocenters. The molecule has 19 heavy (non-hydrogen) atoms. The molecule has 0 amide bonds. The van der Waals surface area contributed by atoms with Crippen LogP contribution in [0.5, 0.6) is 0 Å². The highest BCUT2D eigenvalue weighted by atomic mass is 16.2. The summed E-state index contributed by atoms with van der Waals surface area (Å²) in [5.74, 6) is -0.477. The van der Waals surface area contributed by atoms with Crippen molar-refractivity contribution >= 4 is 33.9 Å². The number of para-hydroxylation sites is 1. The third-order valence-corrected chi connectivity index (χ3v) is 3.48. The van der Waals surface area contributed by atoms with Crippen molar-refractivity contribution in [1.82, 2.24) is 4.57 Å². The van der Waals surface area contributed by atoms with Gasteiger partial charge in [-0.3, -0.25) is 9.59 Å². The summed E-state index contributed by atoms with van der Waals surface area (Å²) in [7, 11) is 0. The summed E-state index contributed by atoms with van der Waals surface area (Å²) in [6, 6.07) is 13.5. The van der Waals surface area contributed by atoms with Gasteiger partial charge in [-0.25, -0.2) is 0 Å². The Kier molecular flexibility index (Phi) is 2.67. The van der Waals surface area contributed by atoms with Crippen LogP contribution in [0.3, 0.4) is 0 Å². The number of hydrogen-bond donors (Lipinski definition) is 0. The molecule has 3 rings (SSSR count). The third kappa shape index (κ3) is 1.66. The van der Waals surface area contributed by atoms with E-state index in [0.717, 1.165) is 28.4 Å². The molecule has 0 spiro atoms. The average Bonchev–Trinajstić information content (AvgIpc) is 2.79. The Hall–Kier alpha value is -2.42. The van der Waals surface area contributed by atoms with E-state index in [2.05, 4.69) is 17.6 Å². The Balaban J connectivity index is 2.42. The highest BCUT2D eigenvalue weighted by Gasteiger charge is 2.11. The predicted molar refractivity (Wildman–Crippen MR) is 75.5 cm³/mol. The maximum Gasteiger partial charge on any atom is 0.225 e. The lowest BCUT2D eigenvalue weighted by molar-refractivity contribution is -0.104. The number of Topliss-reactive ketones (excluding diaryl/α,β-unsaturated/α-hetero) is 1. The van der Waals surface area contributed by atoms with Crippen molar-refractivity contribution in [2.24, 2.45) is 0 Å². The zero-order valence-corrected chi connectivity index (χ0v) is 10.6. The van der Waals surface area contributed by atoms with Crippen molar-refractivity contribution in [3.05, 3.63) is 48.0 Å². The summed E-state index contributed by atoms with van der Waals surface area (Å²) in [6.07, 6.45) is 0.361. The summed E-state index contributed by atoms with van der Waals surface area (Å²) < 4.78 is 2.21. The summed E-state index contributed by atoms with van der Waals surface area (Å²) in [4.78, 5) is 22.1. The van der Waals surface area contributed by atoms with Crippen LogP contribution in [0.1, 0.15) is 17.3 Å². The molecule has 0 aliphatic carbocycles. The van der Waals surface area contributed by atoms with Crippen LogP contribution in [0.15, 0.2) is 42.5 Å². The van der Waals surface area contributed by atoms with Crippen LogP contribution in [-0.4, -0.2) is 16.6 Å². The SMILES string of the molecule is CCn1c2ccccc2c2cc(C(=O)C=O)ccc21. The zero-order chi connectivity index (χ0) is 13.4. The highest BCUT2D eigenvalue weighted by molar-refractivity contribution is 6.34. The van der Waals surface area contributed by atoms with Gasteiger partial charge in [0.05, 0.1) is 0 Å². The minimum absolute atomic E-state index is 0.361. The fraction of sp³-hybridized carbons (Fsp3) is 0.125. The molecule has 0 fully saturated rings. The van der Waals surface area contributed by atoms with Gasteiger partial charge in [-0.2, -0.15) is 0 Å². The fourth-order valence-electron chi connectivity index (χ4n) is 2.62. The first-order chi connectivity index (χ1) is 9.26. The van der Waals surface area contributed by atoms with E-state index in [9.17, 15) is 9.59 Å². The molecule has 0 aliphatic rings. The molecule has 2 aromatic carbocycles. The van der Waals surface area contributed by atoms with Crippen molar-refractivity contribution in [1.29, 1.82) is 0 Å². The maximum atomic E-state index is 11.5. The molecular formula is C16H13NO2. The summed E-state index contributed by atoms with van der Waals surface area (Å²) >= 11 is 0. The van der Waals surface area contributed by atoms with Gasteiger partial charge in [-0.1, -0.05) is 18.2 Å². The van der Waals surface area contributed by atoms with Gasteiger partial charge in [0.15, 0.2) is 6.29 Å². The third-order valence-electron chi connectivity index (χ3n) is 3.48. The van der Waals surface area contributed by atoms with Gasteiger partial charge in [-0.05, 0) is 31.2 Å². The minimum atomic E-state index is -0.477. The second kappa shape index (κ2) is 4.35. The molecule has 0 bridgehead atoms. The Labute approximate surface area is 110 Å². The number of fused-ring (bicyclic) bond motifs is 3. The predicted octanol–water partition coefficient (Wildman–Crippen LogP) is 3.20. The molecule has 1 heterocycles. The van der Waals surface area contributed by atoms with Gasteiger partial charge in [0.25, 0.3) is 0 Å². The van der Waals surface area contributed by atoms with Crippen LogP contribution in [0, 0.1) is 0 Å². The quantitative estimate of drug-likeness (QED) is 0.407. The van der Waals surface area contributed by atoms with Gasteiger partial charge in [0.2, 0.25) is 5.78 Å². The highest BCUT2D eigenvalue weighted by Crippen LogP contribution is 2.29. The van der Waals surface area contributed by atoms with Gasteiger partial charge in [-0.15, -0.1) is 0 Å². The zero-order valence-electron chi connectivity index (χ0n) is 10.6. The first kappa shape index (κ1) is 11.7. The van der Waals surface area contributed by atoms with Crippen LogP contribution in [-0.2, 0) is 11.3 Å². The molecule has 0 atom stereocenters. The standard InChI is InChI=1S/C16H13NO2/c1-2-17-14-6-4-3-5-12(14)13-9-11(16(19)10-18)7-8-15(13)17/h3-10H,2H2,1H3. The van der Waals surface area contributed by atoms with E-state index in [0.29, 0.717) is 11.8 Å². The van der Waals surface area contributed by atoms with Crippen LogP contribution in [0.25, 0.3) is 21.8 Å². The molecular weight excluding hydrogens is 238 g/mol. The number of hydrogen-bond acceptors (Lipinski definition) is 2. The molecule has 94 valence electrons. The first-order valence-electron chi connectivity index (χ1n) is 6.26. The van der Waals surface area contributed by atoms with Gasteiger partial charge in [0.1, 0.15) is 0 Å². The molecule has 0 saturated heterocycles. The Morgan fingerprint density at radius 3 is 2.58 bits per heavy atom. The van der Waals surface area contributed by atoms with E-state index >= 15 is 0 Å². The first-order valence-corrected chi connectivity index (χ1v) is 6.26. The van der Waals surface area contributed by atoms with Crippen LogP contribution < -0.4 is 0 Å². The number of aryl methyl sites for hydroxylation is 1. The Morgan fingerprint density at radius 2 is 1.84 bits per heavy atom. The summed E-state index contributed by atoms with van der Waals surface area (Å²) in [5, 5.41) is 2.13. The molecule has 0 radical (unpaired) electrons. The largest absolute Gasteiger partial charge is 0.341 e. The number of carbonyl (C=O) groups excluding carboxylic acids is 2. The normalized spacial score (nSPS) is 11.0. The van der Waals surface area contributed by atoms with Gasteiger partial charge < -0.3 is 4.57 Å². The topological polar surface area (TPSA) is 39.1 Å². The molecule has 3 heteroatoms. The number of rotatable bonds is 3. The second-order valence-corrected chi connectivity index (χ2v) is 4.48. The molecule has 3 nitrogen and oxygen atoms in total. The molecule has 0 saturated carbocycles. The van der Waals surface area contributed by atoms with E-state index in [-0.39, 0.29) is 0 Å². The lowest BCUT2D eigenvalue weighted by Crippen LogP contribution is -1.99. The smallest absolute Gasteiger partial charge is 0.225 e. The summed E-state index contributed by atoms with van der Waals surface area (Å²) in [5.41, 5.74) is 2.68. The van der Waals surface area contributed by atoms with E-state index in [1.807, 2.05) is 24.3 Å². The van der Waals surface area contributed by atoms with Crippen LogP contribution in [0.4, 0.5) is 0 Å². The van der Waals surface area contributed by atoms with E-state index in [1.165, 1.54) is 0 Å². The number of benzene rings is 2. The Morgan fingerprint density at radius 1 is 1.11 bits per heavy atom. The lowest BCUT2D eigenvalue weighted by atomic mass is 10.1. The number of ketones is 1. The average molecular weight is 251 g/mol. The van der Waals surface area contributed by atoms with E-state index in [4.69, 9.17) is 0 Å². The second-order valence-electron chi connectivity index (χ2n) is 4.48. The number of aldehydes is 1. The molecule has 0 aliphatic heterocycles. The Bertz CT molecular complexity index is 799. The van der Waals surface area contributed by atoms with Crippen molar-refractivity contribution in [2.45, 2.75) is 13.5 Å². The minimum Gasteiger partial charge on any atom is -0.341 e. The fourth-order valence-corrected chi connectivity index (χ4v) is 2.62. The van der Waals surface area contributed by atoms with Crippen molar-refractivity contribution in [3.63, 3.8) is 0 Å². The lowest BCUT2D eigenvalue weighted by Gasteiger charge is -2.02. The van der Waals surface area contributed by atoms with Crippen molar-refractivity contribution < 1.29 is 9.59 Å². The molecule has 1 aromatic heterocycles.